The molecule has 0 aliphatic rings. The lowest BCUT2D eigenvalue weighted by molar-refractivity contribution is -0.120. The number of hydrogen-bond acceptors (Lipinski definition) is 4. The first-order valence-corrected chi connectivity index (χ1v) is 8.72. The van der Waals surface area contributed by atoms with Crippen molar-refractivity contribution in [2.75, 3.05) is 13.1 Å². The summed E-state index contributed by atoms with van der Waals surface area (Å²) in [4.78, 5) is 23.7. The molecule has 0 saturated heterocycles. The molecule has 1 aromatic heterocycles. The lowest BCUT2D eigenvalue weighted by Gasteiger charge is -2.14. The first-order chi connectivity index (χ1) is 12.5. The highest BCUT2D eigenvalue weighted by molar-refractivity contribution is 5.83. The molecule has 0 aliphatic carbocycles. The first-order valence-electron chi connectivity index (χ1n) is 8.72. The molecule has 1 unspecified atom stereocenters. The SMILES string of the molecule is Cc1noc(C)c1CC(C)NC(=O)NCC(=O)NCCc1ccccc1. The van der Waals surface area contributed by atoms with Gasteiger partial charge in [-0.25, -0.2) is 4.79 Å². The van der Waals surface area contributed by atoms with Crippen molar-refractivity contribution < 1.29 is 14.1 Å². The number of urea groups is 1. The maximum Gasteiger partial charge on any atom is 0.315 e. The van der Waals surface area contributed by atoms with Crippen molar-refractivity contribution in [1.82, 2.24) is 21.1 Å². The highest BCUT2D eigenvalue weighted by atomic mass is 16.5. The minimum absolute atomic E-state index is 0.0569. The fourth-order valence-corrected chi connectivity index (χ4v) is 2.64. The normalized spacial score (nSPS) is 11.7. The van der Waals surface area contributed by atoms with Crippen LogP contribution in [0.1, 0.15) is 29.5 Å². The second-order valence-electron chi connectivity index (χ2n) is 6.32. The summed E-state index contributed by atoms with van der Waals surface area (Å²) in [7, 11) is 0. The topological polar surface area (TPSA) is 96.3 Å². The summed E-state index contributed by atoms with van der Waals surface area (Å²) in [5.74, 6) is 0.545. The number of nitrogens with zero attached hydrogens (tertiary/aromatic N) is 1. The monoisotopic (exact) mass is 358 g/mol. The molecule has 7 heteroatoms. The van der Waals surface area contributed by atoms with Crippen molar-refractivity contribution in [3.63, 3.8) is 0 Å². The second-order valence-corrected chi connectivity index (χ2v) is 6.32. The van der Waals surface area contributed by atoms with Crippen molar-refractivity contribution in [3.05, 3.63) is 52.9 Å². The standard InChI is InChI=1S/C19H26N4O3/c1-13(11-17-14(2)23-26-15(17)3)22-19(25)21-12-18(24)20-10-9-16-7-5-4-6-8-16/h4-8,13H,9-12H2,1-3H3,(H,20,24)(H2,21,22,25). The van der Waals surface area contributed by atoms with E-state index in [2.05, 4.69) is 21.1 Å². The van der Waals surface area contributed by atoms with E-state index in [1.54, 1.807) is 0 Å². The summed E-state index contributed by atoms with van der Waals surface area (Å²) in [5.41, 5.74) is 2.98. The highest BCUT2D eigenvalue weighted by Crippen LogP contribution is 2.14. The van der Waals surface area contributed by atoms with Crippen molar-refractivity contribution in [2.45, 2.75) is 39.7 Å². The summed E-state index contributed by atoms with van der Waals surface area (Å²) in [5, 5.41) is 12.1. The summed E-state index contributed by atoms with van der Waals surface area (Å²) >= 11 is 0. The molecule has 1 atom stereocenters. The molecule has 2 aromatic rings. The van der Waals surface area contributed by atoms with Crippen LogP contribution in [0.25, 0.3) is 0 Å². The molecule has 7 nitrogen and oxygen atoms in total. The molecular weight excluding hydrogens is 332 g/mol. The first kappa shape index (κ1) is 19.5. The van der Waals surface area contributed by atoms with Crippen LogP contribution in [0.15, 0.2) is 34.9 Å². The Bertz CT molecular complexity index is 708. The molecule has 0 saturated carbocycles. The van der Waals surface area contributed by atoms with Crippen molar-refractivity contribution in [2.24, 2.45) is 0 Å². The van der Waals surface area contributed by atoms with E-state index in [-0.39, 0.29) is 24.5 Å². The van der Waals surface area contributed by atoms with Crippen LogP contribution >= 0.6 is 0 Å². The van der Waals surface area contributed by atoms with Gasteiger partial charge < -0.3 is 20.5 Å². The smallest absolute Gasteiger partial charge is 0.315 e. The zero-order valence-corrected chi connectivity index (χ0v) is 15.5. The fourth-order valence-electron chi connectivity index (χ4n) is 2.64. The van der Waals surface area contributed by atoms with Gasteiger partial charge in [0.2, 0.25) is 5.91 Å². The highest BCUT2D eigenvalue weighted by Gasteiger charge is 2.15. The summed E-state index contributed by atoms with van der Waals surface area (Å²) < 4.78 is 5.12. The quantitative estimate of drug-likeness (QED) is 0.671. The van der Waals surface area contributed by atoms with Crippen LogP contribution in [-0.4, -0.2) is 36.2 Å². The van der Waals surface area contributed by atoms with Crippen LogP contribution in [0.2, 0.25) is 0 Å². The van der Waals surface area contributed by atoms with E-state index < -0.39 is 0 Å². The number of hydrogen-bond donors (Lipinski definition) is 3. The molecule has 3 N–H and O–H groups in total. The van der Waals surface area contributed by atoms with E-state index in [1.807, 2.05) is 51.1 Å². The summed E-state index contributed by atoms with van der Waals surface area (Å²) in [6.07, 6.45) is 1.38. The van der Waals surface area contributed by atoms with Gasteiger partial charge >= 0.3 is 6.03 Å². The second kappa shape index (κ2) is 9.60. The van der Waals surface area contributed by atoms with Gasteiger partial charge in [-0.3, -0.25) is 4.79 Å². The minimum Gasteiger partial charge on any atom is -0.361 e. The van der Waals surface area contributed by atoms with Crippen LogP contribution in [0, 0.1) is 13.8 Å². The molecule has 0 bridgehead atoms. The Morgan fingerprint density at radius 2 is 1.88 bits per heavy atom. The Hall–Kier alpha value is -2.83. The molecule has 2 rings (SSSR count). The van der Waals surface area contributed by atoms with Gasteiger partial charge in [0.1, 0.15) is 5.76 Å². The molecule has 140 valence electrons. The molecule has 0 fully saturated rings. The Labute approximate surface area is 153 Å². The lowest BCUT2D eigenvalue weighted by atomic mass is 10.1. The van der Waals surface area contributed by atoms with Crippen molar-refractivity contribution in [1.29, 1.82) is 0 Å². The number of benzene rings is 1. The zero-order valence-electron chi connectivity index (χ0n) is 15.5. The molecule has 26 heavy (non-hydrogen) atoms. The molecular formula is C19H26N4O3. The number of rotatable bonds is 8. The predicted octanol–water partition coefficient (Wildman–Crippen LogP) is 1.88. The average Bonchev–Trinajstić information content (AvgIpc) is 2.93. The van der Waals surface area contributed by atoms with Crippen LogP contribution in [0.3, 0.4) is 0 Å². The Balaban J connectivity index is 1.63. The van der Waals surface area contributed by atoms with Crippen molar-refractivity contribution in [3.8, 4) is 0 Å². The number of nitrogens with one attached hydrogen (secondary N) is 3. The third-order valence-electron chi connectivity index (χ3n) is 4.06. The van der Waals surface area contributed by atoms with Gasteiger partial charge in [-0.2, -0.15) is 0 Å². The van der Waals surface area contributed by atoms with Gasteiger partial charge in [0.25, 0.3) is 0 Å². The average molecular weight is 358 g/mol. The maximum absolute atomic E-state index is 11.9. The Kier molecular flexibility index (Phi) is 7.20. The van der Waals surface area contributed by atoms with Crippen LogP contribution in [0.5, 0.6) is 0 Å². The van der Waals surface area contributed by atoms with Gasteiger partial charge in [0.05, 0.1) is 12.2 Å². The van der Waals surface area contributed by atoms with E-state index in [1.165, 1.54) is 0 Å². The van der Waals surface area contributed by atoms with Gasteiger partial charge in [-0.1, -0.05) is 35.5 Å². The van der Waals surface area contributed by atoms with Crippen LogP contribution < -0.4 is 16.0 Å². The van der Waals surface area contributed by atoms with E-state index in [4.69, 9.17) is 4.52 Å². The van der Waals surface area contributed by atoms with Gasteiger partial charge in [0.15, 0.2) is 0 Å². The zero-order chi connectivity index (χ0) is 18.9. The number of carbonyl (C=O) groups excluding carboxylic acids is 2. The third-order valence-corrected chi connectivity index (χ3v) is 4.06. The number of carbonyl (C=O) groups is 2. The number of aryl methyl sites for hydroxylation is 2. The van der Waals surface area contributed by atoms with Gasteiger partial charge in [-0.15, -0.1) is 0 Å². The minimum atomic E-state index is -0.373. The molecule has 1 heterocycles. The fraction of sp³-hybridized carbons (Fsp3) is 0.421. The van der Waals surface area contributed by atoms with E-state index in [9.17, 15) is 9.59 Å². The predicted molar refractivity (Wildman–Crippen MR) is 98.8 cm³/mol. The summed E-state index contributed by atoms with van der Waals surface area (Å²) in [6.45, 7) is 6.10. The molecule has 0 spiro atoms. The van der Waals surface area contributed by atoms with Crippen LogP contribution in [0.4, 0.5) is 4.79 Å². The number of aromatic nitrogens is 1. The lowest BCUT2D eigenvalue weighted by Crippen LogP contribution is -2.45. The molecule has 0 aliphatic heterocycles. The van der Waals surface area contributed by atoms with E-state index >= 15 is 0 Å². The largest absolute Gasteiger partial charge is 0.361 e. The molecule has 0 radical (unpaired) electrons. The third kappa shape index (κ3) is 6.23. The summed E-state index contributed by atoms with van der Waals surface area (Å²) in [6, 6.07) is 9.43. The maximum atomic E-state index is 11.9. The molecule has 3 amide bonds. The number of amides is 3. The van der Waals surface area contributed by atoms with Crippen LogP contribution in [-0.2, 0) is 17.6 Å². The van der Waals surface area contributed by atoms with Gasteiger partial charge in [0, 0.05) is 18.2 Å². The van der Waals surface area contributed by atoms with Crippen molar-refractivity contribution >= 4 is 11.9 Å². The molecule has 1 aromatic carbocycles. The Morgan fingerprint density at radius 3 is 2.54 bits per heavy atom. The van der Waals surface area contributed by atoms with E-state index in [0.29, 0.717) is 13.0 Å². The van der Waals surface area contributed by atoms with Gasteiger partial charge in [-0.05, 0) is 39.2 Å². The Morgan fingerprint density at radius 1 is 1.15 bits per heavy atom. The van der Waals surface area contributed by atoms with E-state index in [0.717, 1.165) is 29.0 Å².